The first-order valence-corrected chi connectivity index (χ1v) is 9.23. The molecule has 2 aromatic rings. The monoisotopic (exact) mass is 372 g/mol. The molecule has 2 heterocycles. The van der Waals surface area contributed by atoms with Gasteiger partial charge in [0.25, 0.3) is 0 Å². The van der Waals surface area contributed by atoms with Crippen LogP contribution >= 0.6 is 0 Å². The van der Waals surface area contributed by atoms with Gasteiger partial charge in [0, 0.05) is 19.2 Å². The van der Waals surface area contributed by atoms with E-state index in [1.807, 2.05) is 12.1 Å². The summed E-state index contributed by atoms with van der Waals surface area (Å²) in [5, 5.41) is 12.8. The van der Waals surface area contributed by atoms with Crippen LogP contribution in [-0.4, -0.2) is 48.5 Å². The Kier molecular flexibility index (Phi) is 6.01. The molecule has 0 bridgehead atoms. The third-order valence-electron chi connectivity index (χ3n) is 5.03. The average Bonchev–Trinajstić information content (AvgIpc) is 2.70. The molecule has 0 unspecified atom stereocenters. The molecule has 146 valence electrons. The Labute approximate surface area is 160 Å². The molecule has 0 saturated heterocycles. The molecule has 0 radical (unpaired) electrons. The minimum Gasteiger partial charge on any atom is -0.493 e. The number of ether oxygens (including phenoxy) is 2. The number of anilines is 2. The van der Waals surface area contributed by atoms with Crippen molar-refractivity contribution >= 4 is 11.6 Å². The predicted octanol–water partition coefficient (Wildman–Crippen LogP) is 2.49. The highest BCUT2D eigenvalue weighted by Crippen LogP contribution is 2.34. The van der Waals surface area contributed by atoms with Crippen LogP contribution in [0.2, 0.25) is 0 Å². The van der Waals surface area contributed by atoms with Gasteiger partial charge in [-0.2, -0.15) is 0 Å². The Morgan fingerprint density at radius 3 is 2.44 bits per heavy atom. The number of rotatable bonds is 7. The predicted molar refractivity (Wildman–Crippen MR) is 106 cm³/mol. The highest BCUT2D eigenvalue weighted by molar-refractivity contribution is 5.54. The van der Waals surface area contributed by atoms with Gasteiger partial charge in [0.1, 0.15) is 18.0 Å². The van der Waals surface area contributed by atoms with Crippen molar-refractivity contribution < 1.29 is 14.6 Å². The summed E-state index contributed by atoms with van der Waals surface area (Å²) < 4.78 is 10.8. The second-order valence-electron chi connectivity index (χ2n) is 7.09. The summed E-state index contributed by atoms with van der Waals surface area (Å²) in [6.07, 6.45) is 2.48. The molecular formula is C20H28N4O3. The lowest BCUT2D eigenvalue weighted by molar-refractivity contribution is 0.249. The topological polar surface area (TPSA) is 79.7 Å². The van der Waals surface area contributed by atoms with Crippen LogP contribution in [0.5, 0.6) is 11.5 Å². The summed E-state index contributed by atoms with van der Waals surface area (Å²) in [7, 11) is 3.31. The second-order valence-corrected chi connectivity index (χ2v) is 7.09. The molecule has 0 amide bonds. The van der Waals surface area contributed by atoms with Crippen LogP contribution in [0.15, 0.2) is 24.5 Å². The van der Waals surface area contributed by atoms with Gasteiger partial charge in [0.05, 0.1) is 26.9 Å². The van der Waals surface area contributed by atoms with Crippen LogP contribution < -0.4 is 19.7 Å². The summed E-state index contributed by atoms with van der Waals surface area (Å²) in [6, 6.07) is 6.01. The summed E-state index contributed by atoms with van der Waals surface area (Å²) in [5.41, 5.74) is 2.49. The molecule has 0 aliphatic carbocycles. The van der Waals surface area contributed by atoms with Crippen LogP contribution in [0.3, 0.4) is 0 Å². The SMILES string of the molecule is COc1cc2c(cc1OC)CN(c1cc(N[C@H](CO)C(C)C)ncn1)CC2. The van der Waals surface area contributed by atoms with Crippen molar-refractivity contribution in [2.75, 3.05) is 37.6 Å². The molecule has 7 heteroatoms. The van der Waals surface area contributed by atoms with E-state index in [2.05, 4.69) is 40.1 Å². The standard InChI is InChI=1S/C20H28N4O3/c1-13(2)16(11-25)23-19-9-20(22-12-21-19)24-6-5-14-7-17(26-3)18(27-4)8-15(14)10-24/h7-9,12-13,16,25H,5-6,10-11H2,1-4H3,(H,21,22,23)/t16-/m1/s1. The van der Waals surface area contributed by atoms with Gasteiger partial charge >= 0.3 is 0 Å². The van der Waals surface area contributed by atoms with Crippen molar-refractivity contribution in [1.29, 1.82) is 0 Å². The van der Waals surface area contributed by atoms with E-state index in [0.717, 1.165) is 42.6 Å². The highest BCUT2D eigenvalue weighted by Gasteiger charge is 2.21. The number of aliphatic hydroxyl groups is 1. The first kappa shape index (κ1) is 19.2. The Morgan fingerprint density at radius 2 is 1.81 bits per heavy atom. The van der Waals surface area contributed by atoms with Gasteiger partial charge in [-0.3, -0.25) is 0 Å². The second kappa shape index (κ2) is 8.43. The Balaban J connectivity index is 1.80. The van der Waals surface area contributed by atoms with Crippen molar-refractivity contribution in [3.05, 3.63) is 35.7 Å². The fraction of sp³-hybridized carbons (Fsp3) is 0.500. The number of hydrogen-bond donors (Lipinski definition) is 2. The molecule has 0 saturated carbocycles. The molecule has 1 atom stereocenters. The maximum Gasteiger partial charge on any atom is 0.161 e. The van der Waals surface area contributed by atoms with Crippen molar-refractivity contribution in [2.45, 2.75) is 32.9 Å². The number of hydrogen-bond acceptors (Lipinski definition) is 7. The van der Waals surface area contributed by atoms with Crippen LogP contribution in [0.1, 0.15) is 25.0 Å². The Morgan fingerprint density at radius 1 is 1.11 bits per heavy atom. The molecule has 1 aromatic carbocycles. The Hall–Kier alpha value is -2.54. The highest BCUT2D eigenvalue weighted by atomic mass is 16.5. The van der Waals surface area contributed by atoms with E-state index in [-0.39, 0.29) is 12.6 Å². The van der Waals surface area contributed by atoms with Crippen molar-refractivity contribution in [2.24, 2.45) is 5.92 Å². The molecular weight excluding hydrogens is 344 g/mol. The number of nitrogens with one attached hydrogen (secondary N) is 1. The number of benzene rings is 1. The quantitative estimate of drug-likeness (QED) is 0.773. The van der Waals surface area contributed by atoms with Crippen LogP contribution in [0, 0.1) is 5.92 Å². The van der Waals surface area contributed by atoms with Gasteiger partial charge in [-0.15, -0.1) is 0 Å². The number of aliphatic hydroxyl groups excluding tert-OH is 1. The summed E-state index contributed by atoms with van der Waals surface area (Å²) >= 11 is 0. The van der Waals surface area contributed by atoms with E-state index in [0.29, 0.717) is 5.92 Å². The lowest BCUT2D eigenvalue weighted by atomic mass is 9.99. The van der Waals surface area contributed by atoms with Crippen LogP contribution in [0.4, 0.5) is 11.6 Å². The summed E-state index contributed by atoms with van der Waals surface area (Å²) in [5.74, 6) is 3.41. The van der Waals surface area contributed by atoms with Crippen molar-refractivity contribution in [3.8, 4) is 11.5 Å². The van der Waals surface area contributed by atoms with E-state index >= 15 is 0 Å². The fourth-order valence-corrected chi connectivity index (χ4v) is 3.29. The van der Waals surface area contributed by atoms with E-state index in [1.165, 1.54) is 11.1 Å². The van der Waals surface area contributed by atoms with Crippen molar-refractivity contribution in [3.63, 3.8) is 0 Å². The normalized spacial score (nSPS) is 14.7. The maximum absolute atomic E-state index is 9.54. The summed E-state index contributed by atoms with van der Waals surface area (Å²) in [6.45, 7) is 5.82. The van der Waals surface area contributed by atoms with E-state index in [4.69, 9.17) is 9.47 Å². The minimum atomic E-state index is -0.0356. The average molecular weight is 372 g/mol. The number of methoxy groups -OCH3 is 2. The van der Waals surface area contributed by atoms with Gasteiger partial charge in [-0.1, -0.05) is 13.8 Å². The fourth-order valence-electron chi connectivity index (χ4n) is 3.29. The number of fused-ring (bicyclic) bond motifs is 1. The minimum absolute atomic E-state index is 0.0356. The molecule has 0 spiro atoms. The smallest absolute Gasteiger partial charge is 0.161 e. The lowest BCUT2D eigenvalue weighted by Gasteiger charge is -2.30. The van der Waals surface area contributed by atoms with Crippen LogP contribution in [-0.2, 0) is 13.0 Å². The lowest BCUT2D eigenvalue weighted by Crippen LogP contribution is -2.32. The summed E-state index contributed by atoms with van der Waals surface area (Å²) in [4.78, 5) is 11.0. The Bertz CT molecular complexity index is 782. The van der Waals surface area contributed by atoms with Crippen molar-refractivity contribution in [1.82, 2.24) is 9.97 Å². The van der Waals surface area contributed by atoms with Gasteiger partial charge in [0.15, 0.2) is 11.5 Å². The van der Waals surface area contributed by atoms with E-state index in [9.17, 15) is 5.11 Å². The van der Waals surface area contributed by atoms with E-state index < -0.39 is 0 Å². The zero-order chi connectivity index (χ0) is 19.4. The molecule has 0 fully saturated rings. The molecule has 1 aromatic heterocycles. The van der Waals surface area contributed by atoms with E-state index in [1.54, 1.807) is 20.5 Å². The zero-order valence-corrected chi connectivity index (χ0v) is 16.4. The van der Waals surface area contributed by atoms with Gasteiger partial charge in [-0.05, 0) is 35.6 Å². The number of aromatic nitrogens is 2. The molecule has 1 aliphatic heterocycles. The molecule has 3 rings (SSSR count). The maximum atomic E-state index is 9.54. The first-order valence-electron chi connectivity index (χ1n) is 9.23. The number of nitrogens with zero attached hydrogens (tertiary/aromatic N) is 3. The molecule has 1 aliphatic rings. The third kappa shape index (κ3) is 4.24. The van der Waals surface area contributed by atoms with Gasteiger partial charge in [-0.25, -0.2) is 9.97 Å². The molecule has 7 nitrogen and oxygen atoms in total. The molecule has 2 N–H and O–H groups in total. The van der Waals surface area contributed by atoms with Gasteiger partial charge < -0.3 is 24.8 Å². The first-order chi connectivity index (χ1) is 13.0. The zero-order valence-electron chi connectivity index (χ0n) is 16.4. The van der Waals surface area contributed by atoms with Crippen LogP contribution in [0.25, 0.3) is 0 Å². The largest absolute Gasteiger partial charge is 0.493 e. The van der Waals surface area contributed by atoms with Gasteiger partial charge in [0.2, 0.25) is 0 Å². The third-order valence-corrected chi connectivity index (χ3v) is 5.03. The molecule has 27 heavy (non-hydrogen) atoms.